The van der Waals surface area contributed by atoms with Crippen molar-refractivity contribution in [3.63, 3.8) is 0 Å². The second kappa shape index (κ2) is 4.08. The molecule has 66 valence electrons. The Balaban J connectivity index is 3.01. The molecule has 0 aliphatic carbocycles. The Bertz CT molecular complexity index is 278. The molecule has 0 heterocycles. The molecule has 0 spiro atoms. The first-order chi connectivity index (χ1) is 5.65. The molecule has 4 heteroatoms. The molecule has 1 aromatic rings. The summed E-state index contributed by atoms with van der Waals surface area (Å²) in [7, 11) is 0. The van der Waals surface area contributed by atoms with E-state index in [2.05, 4.69) is 0 Å². The maximum Gasteiger partial charge on any atom is 0.109 e. The second-order valence-corrected chi connectivity index (χ2v) is 3.27. The van der Waals surface area contributed by atoms with Crippen LogP contribution in [0.2, 0.25) is 10.0 Å². The highest BCUT2D eigenvalue weighted by molar-refractivity contribution is 6.35. The molecule has 2 N–H and O–H groups in total. The fourth-order valence-corrected chi connectivity index (χ4v) is 1.43. The molecule has 0 saturated carbocycles. The summed E-state index contributed by atoms with van der Waals surface area (Å²) in [5, 5.41) is 0.933. The predicted octanol–water partition coefficient (Wildman–Crippen LogP) is 2.96. The molecular weight excluding hydrogens is 200 g/mol. The van der Waals surface area contributed by atoms with Crippen molar-refractivity contribution in [3.8, 4) is 0 Å². The number of hydrogen-bond donors (Lipinski definition) is 1. The maximum absolute atomic E-state index is 12.1. The van der Waals surface area contributed by atoms with Crippen molar-refractivity contribution >= 4 is 23.2 Å². The first-order valence-corrected chi connectivity index (χ1v) is 4.17. The average molecular weight is 208 g/mol. The van der Waals surface area contributed by atoms with Crippen LogP contribution in [-0.2, 0) is 0 Å². The zero-order chi connectivity index (χ0) is 9.14. The lowest BCUT2D eigenvalue weighted by atomic mass is 10.1. The van der Waals surface area contributed by atoms with Gasteiger partial charge in [-0.25, -0.2) is 4.39 Å². The van der Waals surface area contributed by atoms with Gasteiger partial charge in [0.05, 0.1) is 6.04 Å². The van der Waals surface area contributed by atoms with Gasteiger partial charge < -0.3 is 5.73 Å². The van der Waals surface area contributed by atoms with Crippen molar-refractivity contribution in [3.05, 3.63) is 33.8 Å². The molecule has 0 aliphatic heterocycles. The average Bonchev–Trinajstić information content (AvgIpc) is 2.03. The number of rotatable bonds is 2. The molecule has 0 fully saturated rings. The monoisotopic (exact) mass is 207 g/mol. The van der Waals surface area contributed by atoms with Crippen LogP contribution in [0.15, 0.2) is 18.2 Å². The zero-order valence-corrected chi connectivity index (χ0v) is 7.74. The summed E-state index contributed by atoms with van der Waals surface area (Å²) in [5.41, 5.74) is 6.03. The molecule has 1 rings (SSSR count). The van der Waals surface area contributed by atoms with Gasteiger partial charge in [0, 0.05) is 10.0 Å². The summed E-state index contributed by atoms with van der Waals surface area (Å²) in [6.07, 6.45) is 0. The minimum atomic E-state index is -0.658. The van der Waals surface area contributed by atoms with Gasteiger partial charge in [0.15, 0.2) is 0 Å². The smallest absolute Gasteiger partial charge is 0.109 e. The van der Waals surface area contributed by atoms with Gasteiger partial charge >= 0.3 is 0 Å². The van der Waals surface area contributed by atoms with E-state index in [0.29, 0.717) is 15.6 Å². The van der Waals surface area contributed by atoms with E-state index in [0.717, 1.165) is 0 Å². The standard InChI is InChI=1S/C8H8Cl2FN/c9-5-1-2-6(7(10)3-5)8(12)4-11/h1-3,8H,4,12H2/t8-/m0/s1. The van der Waals surface area contributed by atoms with Crippen molar-refractivity contribution in [1.82, 2.24) is 0 Å². The number of hydrogen-bond acceptors (Lipinski definition) is 1. The first-order valence-electron chi connectivity index (χ1n) is 3.41. The third-order valence-corrected chi connectivity index (χ3v) is 2.09. The minimum absolute atomic E-state index is 0.410. The van der Waals surface area contributed by atoms with E-state index >= 15 is 0 Å². The van der Waals surface area contributed by atoms with Crippen LogP contribution in [0.4, 0.5) is 4.39 Å². The fraction of sp³-hybridized carbons (Fsp3) is 0.250. The van der Waals surface area contributed by atoms with E-state index < -0.39 is 12.7 Å². The fourth-order valence-electron chi connectivity index (χ4n) is 0.885. The van der Waals surface area contributed by atoms with Crippen LogP contribution in [-0.4, -0.2) is 6.67 Å². The summed E-state index contributed by atoms with van der Waals surface area (Å²) in [4.78, 5) is 0. The van der Waals surface area contributed by atoms with E-state index in [1.165, 1.54) is 0 Å². The largest absolute Gasteiger partial charge is 0.322 e. The molecule has 1 nitrogen and oxygen atoms in total. The lowest BCUT2D eigenvalue weighted by molar-refractivity contribution is 0.437. The molecule has 1 atom stereocenters. The number of nitrogens with two attached hydrogens (primary N) is 1. The van der Waals surface area contributed by atoms with Crippen molar-refractivity contribution in [2.75, 3.05) is 6.67 Å². The van der Waals surface area contributed by atoms with Gasteiger partial charge in [-0.05, 0) is 17.7 Å². The van der Waals surface area contributed by atoms with Crippen molar-refractivity contribution in [2.24, 2.45) is 5.73 Å². The van der Waals surface area contributed by atoms with Crippen LogP contribution in [0.5, 0.6) is 0 Å². The number of benzene rings is 1. The van der Waals surface area contributed by atoms with E-state index in [1.807, 2.05) is 0 Å². The second-order valence-electron chi connectivity index (χ2n) is 2.43. The highest BCUT2D eigenvalue weighted by Crippen LogP contribution is 2.25. The summed E-state index contributed by atoms with van der Waals surface area (Å²) in [6, 6.07) is 4.16. The minimum Gasteiger partial charge on any atom is -0.322 e. The molecule has 0 bridgehead atoms. The van der Waals surface area contributed by atoms with Crippen molar-refractivity contribution in [1.29, 1.82) is 0 Å². The highest BCUT2D eigenvalue weighted by Gasteiger charge is 2.09. The normalized spacial score (nSPS) is 13.0. The van der Waals surface area contributed by atoms with Gasteiger partial charge in [-0.1, -0.05) is 29.3 Å². The zero-order valence-electron chi connectivity index (χ0n) is 6.23. The summed E-state index contributed by atoms with van der Waals surface area (Å²) >= 11 is 11.4. The van der Waals surface area contributed by atoms with Crippen LogP contribution in [0.1, 0.15) is 11.6 Å². The quantitative estimate of drug-likeness (QED) is 0.794. The Morgan fingerprint density at radius 2 is 2.08 bits per heavy atom. The van der Waals surface area contributed by atoms with Crippen LogP contribution in [0.3, 0.4) is 0 Å². The SMILES string of the molecule is N[C@@H](CF)c1ccc(Cl)cc1Cl. The molecule has 1 aromatic carbocycles. The molecular formula is C8H8Cl2FN. The topological polar surface area (TPSA) is 26.0 Å². The Labute approximate surface area is 80.3 Å². The van der Waals surface area contributed by atoms with Gasteiger partial charge in [-0.3, -0.25) is 0 Å². The van der Waals surface area contributed by atoms with Crippen LogP contribution < -0.4 is 5.73 Å². The van der Waals surface area contributed by atoms with E-state index in [1.54, 1.807) is 18.2 Å². The van der Waals surface area contributed by atoms with Crippen LogP contribution in [0.25, 0.3) is 0 Å². The van der Waals surface area contributed by atoms with Gasteiger partial charge in [0.2, 0.25) is 0 Å². The molecule has 0 aliphatic rings. The van der Waals surface area contributed by atoms with Crippen molar-refractivity contribution < 1.29 is 4.39 Å². The van der Waals surface area contributed by atoms with Gasteiger partial charge in [-0.2, -0.15) is 0 Å². The lowest BCUT2D eigenvalue weighted by Crippen LogP contribution is -2.12. The lowest BCUT2D eigenvalue weighted by Gasteiger charge is -2.09. The third-order valence-electron chi connectivity index (χ3n) is 1.53. The maximum atomic E-state index is 12.1. The van der Waals surface area contributed by atoms with Crippen molar-refractivity contribution in [2.45, 2.75) is 6.04 Å². The van der Waals surface area contributed by atoms with E-state index in [9.17, 15) is 4.39 Å². The van der Waals surface area contributed by atoms with E-state index in [4.69, 9.17) is 28.9 Å². The Morgan fingerprint density at radius 3 is 2.58 bits per heavy atom. The molecule has 12 heavy (non-hydrogen) atoms. The molecule has 0 amide bonds. The predicted molar refractivity (Wildman–Crippen MR) is 49.4 cm³/mol. The summed E-state index contributed by atoms with van der Waals surface area (Å²) in [5.74, 6) is 0. The third kappa shape index (κ3) is 2.09. The van der Waals surface area contributed by atoms with Gasteiger partial charge in [-0.15, -0.1) is 0 Å². The van der Waals surface area contributed by atoms with Crippen LogP contribution in [0, 0.1) is 0 Å². The molecule has 0 aromatic heterocycles. The molecule has 0 radical (unpaired) electrons. The van der Waals surface area contributed by atoms with E-state index in [-0.39, 0.29) is 0 Å². The Hall–Kier alpha value is -0.310. The van der Waals surface area contributed by atoms with Gasteiger partial charge in [0.1, 0.15) is 6.67 Å². The summed E-state index contributed by atoms with van der Waals surface area (Å²) < 4.78 is 12.1. The molecule has 0 unspecified atom stereocenters. The van der Waals surface area contributed by atoms with Gasteiger partial charge in [0.25, 0.3) is 0 Å². The van der Waals surface area contributed by atoms with Crippen LogP contribution >= 0.6 is 23.2 Å². The number of alkyl halides is 1. The Kier molecular flexibility index (Phi) is 3.32. The highest BCUT2D eigenvalue weighted by atomic mass is 35.5. The summed E-state index contributed by atoms with van der Waals surface area (Å²) in [6.45, 7) is -0.624. The first kappa shape index (κ1) is 9.78. The molecule has 0 saturated heterocycles. The Morgan fingerprint density at radius 1 is 1.42 bits per heavy atom. The number of halogens is 3.